The molecule has 2 rings (SSSR count). The Morgan fingerprint density at radius 3 is 2.00 bits per heavy atom. The van der Waals surface area contributed by atoms with Crippen molar-refractivity contribution in [3.63, 3.8) is 0 Å². The van der Waals surface area contributed by atoms with Crippen molar-refractivity contribution >= 4 is 5.78 Å². The largest absolute Gasteiger partial charge is 0.300 e. The van der Waals surface area contributed by atoms with E-state index in [4.69, 9.17) is 0 Å². The Labute approximate surface area is 113 Å². The molecule has 1 atom stereocenters. The van der Waals surface area contributed by atoms with Crippen LogP contribution in [0.1, 0.15) is 18.1 Å². The average molecular weight is 256 g/mol. The first kappa shape index (κ1) is 13.5. The molecule has 1 unspecified atom stereocenters. The molecule has 0 amide bonds. The molecule has 0 saturated carbocycles. The first-order valence-electron chi connectivity index (χ1n) is 6.44. The standard InChI is InChI=1S/C17H17FO/c1-13(19)16(11-14-5-3-2-4-6-14)12-15-7-9-17(18)10-8-15/h2-10,16H,11-12H2,1H3. The van der Waals surface area contributed by atoms with E-state index in [0.29, 0.717) is 6.42 Å². The lowest BCUT2D eigenvalue weighted by Crippen LogP contribution is -2.17. The third-order valence-corrected chi connectivity index (χ3v) is 3.30. The highest BCUT2D eigenvalue weighted by molar-refractivity contribution is 5.78. The molecule has 0 saturated heterocycles. The molecule has 0 fully saturated rings. The van der Waals surface area contributed by atoms with Gasteiger partial charge in [-0.25, -0.2) is 4.39 Å². The molecule has 2 aromatic carbocycles. The Balaban J connectivity index is 2.08. The Bertz CT molecular complexity index is 531. The molecule has 0 spiro atoms. The Morgan fingerprint density at radius 2 is 1.47 bits per heavy atom. The molecule has 1 nitrogen and oxygen atoms in total. The number of carbonyl (C=O) groups excluding carboxylic acids is 1. The zero-order valence-electron chi connectivity index (χ0n) is 11.0. The number of benzene rings is 2. The van der Waals surface area contributed by atoms with Gasteiger partial charge in [-0.15, -0.1) is 0 Å². The van der Waals surface area contributed by atoms with Crippen LogP contribution in [-0.4, -0.2) is 5.78 Å². The van der Waals surface area contributed by atoms with Crippen molar-refractivity contribution in [1.29, 1.82) is 0 Å². The highest BCUT2D eigenvalue weighted by Crippen LogP contribution is 2.16. The van der Waals surface area contributed by atoms with Crippen LogP contribution in [0.25, 0.3) is 0 Å². The maximum absolute atomic E-state index is 12.9. The molecule has 19 heavy (non-hydrogen) atoms. The van der Waals surface area contributed by atoms with Crippen LogP contribution < -0.4 is 0 Å². The van der Waals surface area contributed by atoms with Gasteiger partial charge in [-0.05, 0) is 43.0 Å². The molecule has 0 aliphatic heterocycles. The van der Waals surface area contributed by atoms with Gasteiger partial charge in [0.1, 0.15) is 11.6 Å². The summed E-state index contributed by atoms with van der Waals surface area (Å²) in [5, 5.41) is 0. The molecule has 0 N–H and O–H groups in total. The van der Waals surface area contributed by atoms with Crippen LogP contribution in [0.15, 0.2) is 54.6 Å². The van der Waals surface area contributed by atoms with E-state index in [9.17, 15) is 9.18 Å². The maximum Gasteiger partial charge on any atom is 0.133 e. The van der Waals surface area contributed by atoms with E-state index in [-0.39, 0.29) is 17.5 Å². The molecular formula is C17H17FO. The summed E-state index contributed by atoms with van der Waals surface area (Å²) in [6, 6.07) is 16.3. The monoisotopic (exact) mass is 256 g/mol. The van der Waals surface area contributed by atoms with Crippen LogP contribution in [0.5, 0.6) is 0 Å². The van der Waals surface area contributed by atoms with Crippen LogP contribution >= 0.6 is 0 Å². The number of hydrogen-bond donors (Lipinski definition) is 0. The molecule has 0 radical (unpaired) electrons. The third kappa shape index (κ3) is 4.02. The van der Waals surface area contributed by atoms with Crippen molar-refractivity contribution in [2.45, 2.75) is 19.8 Å². The lowest BCUT2D eigenvalue weighted by Gasteiger charge is -2.14. The quantitative estimate of drug-likeness (QED) is 0.795. The molecule has 0 aliphatic carbocycles. The first-order chi connectivity index (χ1) is 9.15. The van der Waals surface area contributed by atoms with Gasteiger partial charge in [0.05, 0.1) is 0 Å². The van der Waals surface area contributed by atoms with E-state index in [1.54, 1.807) is 19.1 Å². The first-order valence-corrected chi connectivity index (χ1v) is 6.44. The molecule has 0 aliphatic rings. The second-order valence-electron chi connectivity index (χ2n) is 4.83. The van der Waals surface area contributed by atoms with Crippen molar-refractivity contribution in [1.82, 2.24) is 0 Å². The van der Waals surface area contributed by atoms with Crippen LogP contribution in [0.3, 0.4) is 0 Å². The van der Waals surface area contributed by atoms with Gasteiger partial charge in [-0.2, -0.15) is 0 Å². The second kappa shape index (κ2) is 6.28. The predicted octanol–water partition coefficient (Wildman–Crippen LogP) is 3.82. The van der Waals surface area contributed by atoms with Crippen molar-refractivity contribution in [3.8, 4) is 0 Å². The van der Waals surface area contributed by atoms with E-state index in [2.05, 4.69) is 0 Å². The number of carbonyl (C=O) groups is 1. The van der Waals surface area contributed by atoms with E-state index >= 15 is 0 Å². The Hall–Kier alpha value is -1.96. The van der Waals surface area contributed by atoms with E-state index in [1.165, 1.54) is 12.1 Å². The SMILES string of the molecule is CC(=O)C(Cc1ccccc1)Cc1ccc(F)cc1. The Kier molecular flexibility index (Phi) is 4.45. The molecule has 98 valence electrons. The topological polar surface area (TPSA) is 17.1 Å². The van der Waals surface area contributed by atoms with Crippen molar-refractivity contribution in [2.24, 2.45) is 5.92 Å². The van der Waals surface area contributed by atoms with Gasteiger partial charge in [0.2, 0.25) is 0 Å². The molecular weight excluding hydrogens is 239 g/mol. The summed E-state index contributed by atoms with van der Waals surface area (Å²) in [7, 11) is 0. The van der Waals surface area contributed by atoms with Crippen LogP contribution in [0.2, 0.25) is 0 Å². The van der Waals surface area contributed by atoms with Crippen LogP contribution in [0, 0.1) is 11.7 Å². The van der Waals surface area contributed by atoms with Crippen molar-refractivity contribution in [2.75, 3.05) is 0 Å². The van der Waals surface area contributed by atoms with Crippen molar-refractivity contribution < 1.29 is 9.18 Å². The summed E-state index contributed by atoms with van der Waals surface area (Å²) in [4.78, 5) is 11.7. The smallest absolute Gasteiger partial charge is 0.133 e. The summed E-state index contributed by atoms with van der Waals surface area (Å²) in [6.07, 6.45) is 1.39. The van der Waals surface area contributed by atoms with Gasteiger partial charge in [-0.1, -0.05) is 42.5 Å². The summed E-state index contributed by atoms with van der Waals surface area (Å²) in [5.74, 6) is -0.118. The predicted molar refractivity (Wildman–Crippen MR) is 74.4 cm³/mol. The summed E-state index contributed by atoms with van der Waals surface area (Å²) < 4.78 is 12.9. The molecule has 0 aromatic heterocycles. The number of halogens is 1. The lowest BCUT2D eigenvalue weighted by molar-refractivity contribution is -0.120. The van der Waals surface area contributed by atoms with Gasteiger partial charge in [0, 0.05) is 5.92 Å². The normalized spacial score (nSPS) is 12.1. The van der Waals surface area contributed by atoms with Crippen LogP contribution in [0.4, 0.5) is 4.39 Å². The van der Waals surface area contributed by atoms with Gasteiger partial charge >= 0.3 is 0 Å². The number of Topliss-reactive ketones (excluding diaryl/α,β-unsaturated/α-hetero) is 1. The highest BCUT2D eigenvalue weighted by Gasteiger charge is 2.15. The minimum atomic E-state index is -0.244. The highest BCUT2D eigenvalue weighted by atomic mass is 19.1. The number of ketones is 1. The minimum Gasteiger partial charge on any atom is -0.300 e. The zero-order chi connectivity index (χ0) is 13.7. The molecule has 0 heterocycles. The zero-order valence-corrected chi connectivity index (χ0v) is 11.0. The van der Waals surface area contributed by atoms with E-state index < -0.39 is 0 Å². The van der Waals surface area contributed by atoms with Gasteiger partial charge in [0.15, 0.2) is 0 Å². The molecule has 2 heteroatoms. The van der Waals surface area contributed by atoms with Gasteiger partial charge < -0.3 is 0 Å². The van der Waals surface area contributed by atoms with Gasteiger partial charge in [0.25, 0.3) is 0 Å². The fraction of sp³-hybridized carbons (Fsp3) is 0.235. The minimum absolute atomic E-state index is 0.0483. The average Bonchev–Trinajstić information content (AvgIpc) is 2.41. The Morgan fingerprint density at radius 1 is 0.947 bits per heavy atom. The van der Waals surface area contributed by atoms with Gasteiger partial charge in [-0.3, -0.25) is 4.79 Å². The van der Waals surface area contributed by atoms with Crippen molar-refractivity contribution in [3.05, 3.63) is 71.5 Å². The van der Waals surface area contributed by atoms with E-state index in [1.807, 2.05) is 30.3 Å². The third-order valence-electron chi connectivity index (χ3n) is 3.30. The van der Waals surface area contributed by atoms with Crippen LogP contribution in [-0.2, 0) is 17.6 Å². The maximum atomic E-state index is 12.9. The molecule has 2 aromatic rings. The number of hydrogen-bond acceptors (Lipinski definition) is 1. The lowest BCUT2D eigenvalue weighted by atomic mass is 9.90. The van der Waals surface area contributed by atoms with E-state index in [0.717, 1.165) is 17.5 Å². The summed E-state index contributed by atoms with van der Waals surface area (Å²) >= 11 is 0. The molecule has 0 bridgehead atoms. The summed E-state index contributed by atoms with van der Waals surface area (Å²) in [6.45, 7) is 1.62. The number of rotatable bonds is 5. The fourth-order valence-electron chi connectivity index (χ4n) is 2.16. The second-order valence-corrected chi connectivity index (χ2v) is 4.83. The fourth-order valence-corrected chi connectivity index (χ4v) is 2.16. The summed E-state index contributed by atoms with van der Waals surface area (Å²) in [5.41, 5.74) is 2.15.